The maximum atomic E-state index is 12.2. The van der Waals surface area contributed by atoms with Gasteiger partial charge in [-0.25, -0.2) is 0 Å². The second-order valence-corrected chi connectivity index (χ2v) is 5.66. The van der Waals surface area contributed by atoms with Gasteiger partial charge in [0.2, 0.25) is 0 Å². The fourth-order valence-corrected chi connectivity index (χ4v) is 2.61. The van der Waals surface area contributed by atoms with Crippen LogP contribution in [0.3, 0.4) is 0 Å². The highest BCUT2D eigenvalue weighted by atomic mass is 35.5. The third-order valence-electron chi connectivity index (χ3n) is 2.80. The predicted octanol–water partition coefficient (Wildman–Crippen LogP) is 3.42. The summed E-state index contributed by atoms with van der Waals surface area (Å²) in [5.41, 5.74) is 0.329. The van der Waals surface area contributed by atoms with Gasteiger partial charge in [-0.15, -0.1) is 11.3 Å². The Hall–Kier alpha value is -1.52. The molecule has 1 amide bonds. The quantitative estimate of drug-likeness (QED) is 0.939. The molecule has 0 bridgehead atoms. The van der Waals surface area contributed by atoms with E-state index < -0.39 is 0 Å². The zero-order valence-corrected chi connectivity index (χ0v) is 12.0. The van der Waals surface area contributed by atoms with Crippen LogP contribution in [-0.4, -0.2) is 29.5 Å². The molecule has 1 N–H and O–H groups in total. The molecule has 0 radical (unpaired) electrons. The van der Waals surface area contributed by atoms with E-state index in [2.05, 4.69) is 0 Å². The van der Waals surface area contributed by atoms with Gasteiger partial charge in [0.05, 0.1) is 10.6 Å². The number of likely N-dealkylation sites (N-methyl/N-ethyl adjacent to an activating group) is 1. The average Bonchev–Trinajstić information content (AvgIpc) is 2.91. The van der Waals surface area contributed by atoms with Gasteiger partial charge in [0.15, 0.2) is 0 Å². The first-order chi connectivity index (χ1) is 9.08. The molecule has 3 nitrogen and oxygen atoms in total. The molecule has 0 saturated heterocycles. The molecule has 0 fully saturated rings. The van der Waals surface area contributed by atoms with Crippen LogP contribution in [0.15, 0.2) is 35.7 Å². The van der Waals surface area contributed by atoms with Crippen molar-refractivity contribution in [2.24, 2.45) is 0 Å². The lowest BCUT2D eigenvalue weighted by Crippen LogP contribution is -2.28. The summed E-state index contributed by atoms with van der Waals surface area (Å²) in [6.45, 7) is 0.616. The Morgan fingerprint density at radius 2 is 2.21 bits per heavy atom. The van der Waals surface area contributed by atoms with Gasteiger partial charge >= 0.3 is 0 Å². The summed E-state index contributed by atoms with van der Waals surface area (Å²) in [6, 6.07) is 8.42. The van der Waals surface area contributed by atoms with Gasteiger partial charge in [-0.05, 0) is 36.1 Å². The van der Waals surface area contributed by atoms with Gasteiger partial charge in [0.25, 0.3) is 5.91 Å². The molecular formula is C14H14ClNO2S. The summed E-state index contributed by atoms with van der Waals surface area (Å²) in [5, 5.41) is 11.8. The largest absolute Gasteiger partial charge is 0.508 e. The van der Waals surface area contributed by atoms with Gasteiger partial charge < -0.3 is 10.0 Å². The van der Waals surface area contributed by atoms with Crippen LogP contribution in [0.25, 0.3) is 0 Å². The van der Waals surface area contributed by atoms with Crippen LogP contribution >= 0.6 is 22.9 Å². The summed E-state index contributed by atoms with van der Waals surface area (Å²) in [7, 11) is 1.73. The minimum Gasteiger partial charge on any atom is -0.508 e. The number of carbonyl (C=O) groups is 1. The first kappa shape index (κ1) is 13.9. The molecule has 1 aromatic heterocycles. The molecule has 1 heterocycles. The van der Waals surface area contributed by atoms with E-state index in [9.17, 15) is 9.90 Å². The molecular weight excluding hydrogens is 282 g/mol. The second kappa shape index (κ2) is 6.08. The van der Waals surface area contributed by atoms with Gasteiger partial charge in [0.1, 0.15) is 5.75 Å². The number of aromatic hydroxyl groups is 1. The van der Waals surface area contributed by atoms with Crippen molar-refractivity contribution in [3.63, 3.8) is 0 Å². The third-order valence-corrected chi connectivity index (χ3v) is 4.07. The van der Waals surface area contributed by atoms with Crippen LogP contribution in [0.5, 0.6) is 5.75 Å². The third kappa shape index (κ3) is 3.49. The number of carbonyl (C=O) groups excluding carboxylic acids is 1. The number of hydrogen-bond acceptors (Lipinski definition) is 3. The van der Waals surface area contributed by atoms with Crippen molar-refractivity contribution in [3.05, 3.63) is 51.2 Å². The summed E-state index contributed by atoms with van der Waals surface area (Å²) in [6.07, 6.45) is 0.816. The van der Waals surface area contributed by atoms with E-state index in [0.717, 1.165) is 6.42 Å². The van der Waals surface area contributed by atoms with Gasteiger partial charge in [-0.3, -0.25) is 4.79 Å². The van der Waals surface area contributed by atoms with Gasteiger partial charge in [-0.2, -0.15) is 0 Å². The van der Waals surface area contributed by atoms with Crippen LogP contribution in [0.4, 0.5) is 0 Å². The minimum absolute atomic E-state index is 0.0411. The molecule has 100 valence electrons. The van der Waals surface area contributed by atoms with Crippen molar-refractivity contribution in [3.8, 4) is 5.75 Å². The van der Waals surface area contributed by atoms with Crippen LogP contribution in [0.1, 0.15) is 15.2 Å². The van der Waals surface area contributed by atoms with E-state index in [1.54, 1.807) is 23.3 Å². The van der Waals surface area contributed by atoms with Gasteiger partial charge in [0, 0.05) is 18.5 Å². The van der Waals surface area contributed by atoms with Crippen LogP contribution in [0, 0.1) is 0 Å². The van der Waals surface area contributed by atoms with Crippen LogP contribution in [-0.2, 0) is 6.42 Å². The molecule has 2 aromatic rings. The number of halogens is 1. The van der Waals surface area contributed by atoms with E-state index in [-0.39, 0.29) is 11.7 Å². The Morgan fingerprint density at radius 1 is 1.42 bits per heavy atom. The summed E-state index contributed by atoms with van der Waals surface area (Å²) < 4.78 is 0. The first-order valence-corrected chi connectivity index (χ1v) is 7.10. The summed E-state index contributed by atoms with van der Waals surface area (Å²) >= 11 is 7.65. The van der Waals surface area contributed by atoms with Crippen molar-refractivity contribution in [2.75, 3.05) is 13.6 Å². The highest BCUT2D eigenvalue weighted by molar-refractivity contribution is 7.09. The highest BCUT2D eigenvalue weighted by Crippen LogP contribution is 2.22. The lowest BCUT2D eigenvalue weighted by molar-refractivity contribution is 0.0796. The number of amides is 1. The van der Waals surface area contributed by atoms with E-state index in [0.29, 0.717) is 17.1 Å². The van der Waals surface area contributed by atoms with Crippen LogP contribution < -0.4 is 0 Å². The maximum absolute atomic E-state index is 12.2. The lowest BCUT2D eigenvalue weighted by atomic mass is 10.2. The normalized spacial score (nSPS) is 10.4. The Balaban J connectivity index is 2.04. The Labute approximate surface area is 121 Å². The topological polar surface area (TPSA) is 40.5 Å². The number of thiophene rings is 1. The summed E-state index contributed by atoms with van der Waals surface area (Å²) in [4.78, 5) is 15.1. The number of phenolic OH excluding ortho intramolecular Hbond substituents is 1. The van der Waals surface area contributed by atoms with Crippen molar-refractivity contribution in [2.45, 2.75) is 6.42 Å². The molecule has 0 aliphatic heterocycles. The minimum atomic E-state index is -0.183. The van der Waals surface area contributed by atoms with Crippen molar-refractivity contribution in [1.82, 2.24) is 4.90 Å². The summed E-state index contributed by atoms with van der Waals surface area (Å²) in [5.74, 6) is -0.142. The van der Waals surface area contributed by atoms with E-state index in [1.165, 1.54) is 23.1 Å². The maximum Gasteiger partial charge on any atom is 0.255 e. The smallest absolute Gasteiger partial charge is 0.255 e. The Kier molecular flexibility index (Phi) is 4.45. The monoisotopic (exact) mass is 295 g/mol. The molecule has 0 aliphatic carbocycles. The number of hydrogen-bond donors (Lipinski definition) is 1. The van der Waals surface area contributed by atoms with Gasteiger partial charge in [-0.1, -0.05) is 17.7 Å². The van der Waals surface area contributed by atoms with Crippen molar-refractivity contribution in [1.29, 1.82) is 0 Å². The van der Waals surface area contributed by atoms with Crippen molar-refractivity contribution < 1.29 is 9.90 Å². The average molecular weight is 296 g/mol. The van der Waals surface area contributed by atoms with E-state index in [4.69, 9.17) is 11.6 Å². The molecule has 5 heteroatoms. The van der Waals surface area contributed by atoms with E-state index >= 15 is 0 Å². The highest BCUT2D eigenvalue weighted by Gasteiger charge is 2.15. The predicted molar refractivity (Wildman–Crippen MR) is 78.1 cm³/mol. The number of nitrogens with zero attached hydrogens (tertiary/aromatic N) is 1. The molecule has 19 heavy (non-hydrogen) atoms. The number of benzene rings is 1. The zero-order chi connectivity index (χ0) is 13.8. The Morgan fingerprint density at radius 3 is 2.89 bits per heavy atom. The number of rotatable bonds is 4. The molecule has 0 saturated carbocycles. The molecule has 0 atom stereocenters. The SMILES string of the molecule is CN(CCc1cccs1)C(=O)c1cc(O)ccc1Cl. The fourth-order valence-electron chi connectivity index (χ4n) is 1.72. The number of phenols is 1. The lowest BCUT2D eigenvalue weighted by Gasteiger charge is -2.17. The molecule has 0 spiro atoms. The fraction of sp³-hybridized carbons (Fsp3) is 0.214. The molecule has 0 aliphatic rings. The standard InChI is InChI=1S/C14H14ClNO2S/c1-16(7-6-11-3-2-8-19-11)14(18)12-9-10(17)4-5-13(12)15/h2-5,8-9,17H,6-7H2,1H3. The first-order valence-electron chi connectivity index (χ1n) is 5.84. The Bertz CT molecular complexity index is 569. The van der Waals surface area contributed by atoms with Crippen molar-refractivity contribution >= 4 is 28.8 Å². The molecule has 1 aromatic carbocycles. The molecule has 2 rings (SSSR count). The zero-order valence-electron chi connectivity index (χ0n) is 10.5. The van der Waals surface area contributed by atoms with E-state index in [1.807, 2.05) is 17.5 Å². The molecule has 0 unspecified atom stereocenters. The van der Waals surface area contributed by atoms with Crippen LogP contribution in [0.2, 0.25) is 5.02 Å². The second-order valence-electron chi connectivity index (χ2n) is 4.22.